The fourth-order valence-corrected chi connectivity index (χ4v) is 3.05. The maximum atomic E-state index is 12.9. The van der Waals surface area contributed by atoms with E-state index in [1.165, 1.54) is 0 Å². The van der Waals surface area contributed by atoms with E-state index >= 15 is 0 Å². The lowest BCUT2D eigenvalue weighted by atomic mass is 10.0. The van der Waals surface area contributed by atoms with Gasteiger partial charge in [0, 0.05) is 11.6 Å². The quantitative estimate of drug-likeness (QED) is 0.634. The normalized spacial score (nSPS) is 10.7. The average Bonchev–Trinajstić information content (AvgIpc) is 3.14. The zero-order valence-electron chi connectivity index (χ0n) is 16.7. The number of terminal acetylenes is 1. The Balaban J connectivity index is 2.03. The summed E-state index contributed by atoms with van der Waals surface area (Å²) in [6.45, 7) is 5.96. The van der Waals surface area contributed by atoms with Gasteiger partial charge < -0.3 is 10.6 Å². The lowest BCUT2D eigenvalue weighted by molar-refractivity contribution is -0.119. The summed E-state index contributed by atoms with van der Waals surface area (Å²) in [6.07, 6.45) is 6.76. The number of hydrogen-bond donors (Lipinski definition) is 2. The van der Waals surface area contributed by atoms with Crippen molar-refractivity contribution in [2.24, 2.45) is 0 Å². The van der Waals surface area contributed by atoms with Crippen LogP contribution in [0.25, 0.3) is 22.3 Å². The van der Waals surface area contributed by atoms with Gasteiger partial charge in [-0.2, -0.15) is 5.10 Å². The molecule has 0 unspecified atom stereocenters. The molecule has 3 rings (SSSR count). The third-order valence-corrected chi connectivity index (χ3v) is 4.52. The van der Waals surface area contributed by atoms with E-state index in [2.05, 4.69) is 21.7 Å². The monoisotopic (exact) mass is 389 g/mol. The zero-order valence-corrected chi connectivity index (χ0v) is 16.7. The van der Waals surface area contributed by atoms with E-state index in [1.807, 2.05) is 45.0 Å². The molecule has 0 saturated heterocycles. The SMILES string of the molecule is C#CCNC(=O)CNC(=O)c1cc(-c2ccccc2C)nc2c1cnn2C(C)C. The summed E-state index contributed by atoms with van der Waals surface area (Å²) in [5.74, 6) is 1.60. The van der Waals surface area contributed by atoms with Gasteiger partial charge in [0.2, 0.25) is 5.91 Å². The van der Waals surface area contributed by atoms with Gasteiger partial charge in [0.15, 0.2) is 5.65 Å². The smallest absolute Gasteiger partial charge is 0.252 e. The van der Waals surface area contributed by atoms with Gasteiger partial charge in [-0.1, -0.05) is 30.2 Å². The van der Waals surface area contributed by atoms with Crippen molar-refractivity contribution in [3.8, 4) is 23.6 Å². The Morgan fingerprint density at radius 1 is 1.24 bits per heavy atom. The number of amides is 2. The van der Waals surface area contributed by atoms with Crippen molar-refractivity contribution in [1.82, 2.24) is 25.4 Å². The first kappa shape index (κ1) is 20.1. The zero-order chi connectivity index (χ0) is 21.0. The number of pyridine rings is 1. The van der Waals surface area contributed by atoms with Crippen LogP contribution in [0.3, 0.4) is 0 Å². The van der Waals surface area contributed by atoms with Crippen LogP contribution in [0, 0.1) is 19.3 Å². The number of hydrogen-bond acceptors (Lipinski definition) is 4. The summed E-state index contributed by atoms with van der Waals surface area (Å²) >= 11 is 0. The lowest BCUT2D eigenvalue weighted by Gasteiger charge is -2.12. The minimum absolute atomic E-state index is 0.0811. The molecular formula is C22H23N5O2. The Morgan fingerprint density at radius 2 is 2.00 bits per heavy atom. The van der Waals surface area contributed by atoms with Crippen molar-refractivity contribution in [1.29, 1.82) is 0 Å². The van der Waals surface area contributed by atoms with Crippen LogP contribution in [-0.2, 0) is 4.79 Å². The maximum absolute atomic E-state index is 12.9. The molecule has 2 heterocycles. The van der Waals surface area contributed by atoms with Crippen molar-refractivity contribution in [2.75, 3.05) is 13.1 Å². The van der Waals surface area contributed by atoms with Crippen molar-refractivity contribution >= 4 is 22.8 Å². The van der Waals surface area contributed by atoms with Crippen molar-refractivity contribution < 1.29 is 9.59 Å². The molecule has 0 atom stereocenters. The molecule has 0 spiro atoms. The van der Waals surface area contributed by atoms with Crippen LogP contribution in [0.1, 0.15) is 35.8 Å². The molecule has 2 amide bonds. The highest BCUT2D eigenvalue weighted by atomic mass is 16.2. The van der Waals surface area contributed by atoms with Gasteiger partial charge in [0.05, 0.1) is 35.9 Å². The van der Waals surface area contributed by atoms with Gasteiger partial charge in [-0.15, -0.1) is 6.42 Å². The van der Waals surface area contributed by atoms with Gasteiger partial charge in [-0.3, -0.25) is 9.59 Å². The molecule has 0 bridgehead atoms. The molecule has 0 fully saturated rings. The number of fused-ring (bicyclic) bond motifs is 1. The molecule has 7 nitrogen and oxygen atoms in total. The van der Waals surface area contributed by atoms with Crippen LogP contribution in [0.2, 0.25) is 0 Å². The van der Waals surface area contributed by atoms with Crippen LogP contribution < -0.4 is 10.6 Å². The van der Waals surface area contributed by atoms with E-state index in [9.17, 15) is 9.59 Å². The van der Waals surface area contributed by atoms with Crippen LogP contribution in [-0.4, -0.2) is 39.7 Å². The molecule has 0 aliphatic heterocycles. The first-order valence-electron chi connectivity index (χ1n) is 9.35. The number of benzene rings is 1. The van der Waals surface area contributed by atoms with Gasteiger partial charge in [-0.05, 0) is 32.4 Å². The van der Waals surface area contributed by atoms with Gasteiger partial charge >= 0.3 is 0 Å². The fraction of sp³-hybridized carbons (Fsp3) is 0.273. The van der Waals surface area contributed by atoms with Crippen LogP contribution >= 0.6 is 0 Å². The Bertz CT molecular complexity index is 1110. The first-order chi connectivity index (χ1) is 13.9. The molecule has 3 aromatic rings. The molecule has 29 heavy (non-hydrogen) atoms. The Kier molecular flexibility index (Phi) is 5.93. The van der Waals surface area contributed by atoms with E-state index in [0.29, 0.717) is 22.3 Å². The molecule has 2 aromatic heterocycles. The Hall–Kier alpha value is -3.66. The number of rotatable bonds is 6. The summed E-state index contributed by atoms with van der Waals surface area (Å²) < 4.78 is 1.79. The summed E-state index contributed by atoms with van der Waals surface area (Å²) in [7, 11) is 0. The highest BCUT2D eigenvalue weighted by Gasteiger charge is 2.19. The first-order valence-corrected chi connectivity index (χ1v) is 9.35. The number of carbonyl (C=O) groups is 2. The predicted octanol–water partition coefficient (Wildman–Crippen LogP) is 2.47. The lowest BCUT2D eigenvalue weighted by Crippen LogP contribution is -2.37. The maximum Gasteiger partial charge on any atom is 0.252 e. The third-order valence-electron chi connectivity index (χ3n) is 4.52. The summed E-state index contributed by atoms with van der Waals surface area (Å²) in [5, 5.41) is 10.2. The second-order valence-electron chi connectivity index (χ2n) is 6.95. The largest absolute Gasteiger partial charge is 0.344 e. The Morgan fingerprint density at radius 3 is 2.69 bits per heavy atom. The topological polar surface area (TPSA) is 88.9 Å². The second kappa shape index (κ2) is 8.57. The number of nitrogens with zero attached hydrogens (tertiary/aromatic N) is 3. The van der Waals surface area contributed by atoms with E-state index in [0.717, 1.165) is 11.1 Å². The molecule has 148 valence electrons. The summed E-state index contributed by atoms with van der Waals surface area (Å²) in [6, 6.07) is 9.68. The third kappa shape index (κ3) is 4.27. The highest BCUT2D eigenvalue weighted by molar-refractivity contribution is 6.07. The van der Waals surface area contributed by atoms with Crippen LogP contribution in [0.4, 0.5) is 0 Å². The summed E-state index contributed by atoms with van der Waals surface area (Å²) in [5.41, 5.74) is 3.72. The van der Waals surface area contributed by atoms with E-state index in [4.69, 9.17) is 11.4 Å². The number of aromatic nitrogens is 3. The average molecular weight is 389 g/mol. The molecule has 0 aliphatic rings. The standard InChI is InChI=1S/C22H23N5O2/c1-5-10-23-20(28)13-24-22(29)17-11-19(16-9-7-6-8-15(16)4)26-21-18(17)12-25-27(21)14(2)3/h1,6-9,11-12,14H,10,13H2,2-4H3,(H,23,28)(H,24,29). The molecule has 0 saturated carbocycles. The van der Waals surface area contributed by atoms with E-state index in [1.54, 1.807) is 16.9 Å². The van der Waals surface area contributed by atoms with Crippen LogP contribution in [0.5, 0.6) is 0 Å². The Labute approximate surface area is 169 Å². The van der Waals surface area contributed by atoms with Crippen molar-refractivity contribution in [3.05, 3.63) is 47.7 Å². The van der Waals surface area contributed by atoms with E-state index < -0.39 is 0 Å². The van der Waals surface area contributed by atoms with E-state index in [-0.39, 0.29) is 30.9 Å². The second-order valence-corrected chi connectivity index (χ2v) is 6.95. The van der Waals surface area contributed by atoms with Crippen molar-refractivity contribution in [3.63, 3.8) is 0 Å². The van der Waals surface area contributed by atoms with Gasteiger partial charge in [0.1, 0.15) is 0 Å². The number of nitrogens with one attached hydrogen (secondary N) is 2. The fourth-order valence-electron chi connectivity index (χ4n) is 3.05. The van der Waals surface area contributed by atoms with Crippen molar-refractivity contribution in [2.45, 2.75) is 26.8 Å². The molecule has 7 heteroatoms. The minimum atomic E-state index is -0.369. The number of aryl methyl sites for hydroxylation is 1. The molecule has 2 N–H and O–H groups in total. The molecule has 0 aliphatic carbocycles. The van der Waals surface area contributed by atoms with Crippen LogP contribution in [0.15, 0.2) is 36.5 Å². The molecule has 0 radical (unpaired) electrons. The van der Waals surface area contributed by atoms with Gasteiger partial charge in [-0.25, -0.2) is 9.67 Å². The summed E-state index contributed by atoms with van der Waals surface area (Å²) in [4.78, 5) is 29.5. The molecule has 1 aromatic carbocycles. The predicted molar refractivity (Wildman–Crippen MR) is 112 cm³/mol. The number of carbonyl (C=O) groups excluding carboxylic acids is 2. The highest BCUT2D eigenvalue weighted by Crippen LogP contribution is 2.28. The van der Waals surface area contributed by atoms with Gasteiger partial charge in [0.25, 0.3) is 5.91 Å². The minimum Gasteiger partial charge on any atom is -0.344 e. The molecular weight excluding hydrogens is 366 g/mol.